The first kappa shape index (κ1) is 16.3. The molecule has 3 heterocycles. The standard InChI is InChI=1S/C18H18ClN3O3/c19-14-4-1-3-13(9-14)10-18(23)6-7-22(12-18)11-16-20-21-17(25-16)15-5-2-8-24-15/h1-5,8-9,23H,6-7,10-12H2. The largest absolute Gasteiger partial charge is 0.459 e. The lowest BCUT2D eigenvalue weighted by Crippen LogP contribution is -2.35. The Kier molecular flexibility index (Phi) is 4.33. The van der Waals surface area contributed by atoms with Gasteiger partial charge in [-0.1, -0.05) is 23.7 Å². The first-order valence-electron chi connectivity index (χ1n) is 8.15. The average molecular weight is 360 g/mol. The van der Waals surface area contributed by atoms with E-state index in [1.54, 1.807) is 18.4 Å². The van der Waals surface area contributed by atoms with Crippen LogP contribution in [0.5, 0.6) is 0 Å². The summed E-state index contributed by atoms with van der Waals surface area (Å²) in [5.41, 5.74) is 0.268. The van der Waals surface area contributed by atoms with Crippen LogP contribution >= 0.6 is 11.6 Å². The molecule has 1 unspecified atom stereocenters. The lowest BCUT2D eigenvalue weighted by atomic mass is 9.94. The van der Waals surface area contributed by atoms with Crippen molar-refractivity contribution in [3.05, 3.63) is 59.1 Å². The number of halogens is 1. The van der Waals surface area contributed by atoms with Crippen molar-refractivity contribution in [1.29, 1.82) is 0 Å². The van der Waals surface area contributed by atoms with Crippen LogP contribution in [0.15, 0.2) is 51.5 Å². The fourth-order valence-corrected chi connectivity index (χ4v) is 3.47. The van der Waals surface area contributed by atoms with Crippen LogP contribution in [-0.4, -0.2) is 38.9 Å². The molecule has 0 saturated carbocycles. The molecule has 2 aromatic heterocycles. The Morgan fingerprint density at radius 2 is 2.16 bits per heavy atom. The van der Waals surface area contributed by atoms with Gasteiger partial charge in [-0.3, -0.25) is 4.90 Å². The predicted molar refractivity (Wildman–Crippen MR) is 92.0 cm³/mol. The number of aliphatic hydroxyl groups is 1. The molecular weight excluding hydrogens is 342 g/mol. The van der Waals surface area contributed by atoms with Gasteiger partial charge in [0.25, 0.3) is 5.89 Å². The third-order valence-corrected chi connectivity index (χ3v) is 4.63. The van der Waals surface area contributed by atoms with Gasteiger partial charge in [-0.05, 0) is 36.2 Å². The van der Waals surface area contributed by atoms with Crippen LogP contribution in [0.4, 0.5) is 0 Å². The number of rotatable bonds is 5. The van der Waals surface area contributed by atoms with E-state index in [1.165, 1.54) is 0 Å². The van der Waals surface area contributed by atoms with Gasteiger partial charge in [-0.2, -0.15) is 0 Å². The van der Waals surface area contributed by atoms with Crippen LogP contribution in [0.2, 0.25) is 5.02 Å². The van der Waals surface area contributed by atoms with Crippen molar-refractivity contribution in [2.45, 2.75) is 25.0 Å². The van der Waals surface area contributed by atoms with Gasteiger partial charge in [0.05, 0.1) is 18.4 Å². The Labute approximate surface area is 150 Å². The van der Waals surface area contributed by atoms with Gasteiger partial charge in [-0.25, -0.2) is 0 Å². The Bertz CT molecular complexity index is 849. The summed E-state index contributed by atoms with van der Waals surface area (Å²) in [4.78, 5) is 2.12. The number of benzene rings is 1. The zero-order chi connectivity index (χ0) is 17.3. The van der Waals surface area contributed by atoms with Crippen molar-refractivity contribution >= 4 is 11.6 Å². The third-order valence-electron chi connectivity index (χ3n) is 4.39. The number of furan rings is 1. The second kappa shape index (κ2) is 6.63. The van der Waals surface area contributed by atoms with E-state index >= 15 is 0 Å². The molecule has 1 N–H and O–H groups in total. The predicted octanol–water partition coefficient (Wildman–Crippen LogP) is 3.16. The zero-order valence-electron chi connectivity index (χ0n) is 13.6. The van der Waals surface area contributed by atoms with Crippen LogP contribution in [0, 0.1) is 0 Å². The van der Waals surface area contributed by atoms with Crippen molar-refractivity contribution in [3.63, 3.8) is 0 Å². The second-order valence-corrected chi connectivity index (χ2v) is 6.91. The molecule has 0 radical (unpaired) electrons. The summed E-state index contributed by atoms with van der Waals surface area (Å²) in [6.45, 7) is 1.83. The van der Waals surface area contributed by atoms with Crippen LogP contribution in [0.25, 0.3) is 11.7 Å². The Balaban J connectivity index is 1.39. The average Bonchev–Trinajstić information content (AvgIpc) is 3.29. The number of hydrogen-bond acceptors (Lipinski definition) is 6. The number of β-amino-alcohol motifs (C(OH)–C–C–N with tert-alkyl or cyclic N) is 1. The maximum absolute atomic E-state index is 10.9. The smallest absolute Gasteiger partial charge is 0.283 e. The molecule has 1 aromatic carbocycles. The molecule has 1 atom stereocenters. The molecule has 0 bridgehead atoms. The van der Waals surface area contributed by atoms with Gasteiger partial charge in [0.1, 0.15) is 0 Å². The maximum Gasteiger partial charge on any atom is 0.283 e. The highest BCUT2D eigenvalue weighted by Gasteiger charge is 2.36. The van der Waals surface area contributed by atoms with Gasteiger partial charge >= 0.3 is 0 Å². The number of aromatic nitrogens is 2. The van der Waals surface area contributed by atoms with E-state index in [9.17, 15) is 5.11 Å². The van der Waals surface area contributed by atoms with Crippen molar-refractivity contribution < 1.29 is 13.9 Å². The van der Waals surface area contributed by atoms with E-state index in [0.717, 1.165) is 12.1 Å². The summed E-state index contributed by atoms with van der Waals surface area (Å²) >= 11 is 6.03. The van der Waals surface area contributed by atoms with Crippen molar-refractivity contribution in [2.75, 3.05) is 13.1 Å². The van der Waals surface area contributed by atoms with Crippen LogP contribution in [-0.2, 0) is 13.0 Å². The normalized spacial score (nSPS) is 21.0. The lowest BCUT2D eigenvalue weighted by molar-refractivity contribution is 0.0479. The molecule has 1 saturated heterocycles. The summed E-state index contributed by atoms with van der Waals surface area (Å²) in [6.07, 6.45) is 2.83. The highest BCUT2D eigenvalue weighted by atomic mass is 35.5. The number of nitrogens with zero attached hydrogens (tertiary/aromatic N) is 3. The monoisotopic (exact) mass is 359 g/mol. The third kappa shape index (κ3) is 3.76. The molecule has 3 aromatic rings. The fraction of sp³-hybridized carbons (Fsp3) is 0.333. The van der Waals surface area contributed by atoms with E-state index in [-0.39, 0.29) is 0 Å². The summed E-state index contributed by atoms with van der Waals surface area (Å²) in [5.74, 6) is 1.43. The highest BCUT2D eigenvalue weighted by molar-refractivity contribution is 6.30. The maximum atomic E-state index is 10.9. The van der Waals surface area contributed by atoms with Crippen molar-refractivity contribution in [2.24, 2.45) is 0 Å². The minimum atomic E-state index is -0.769. The van der Waals surface area contributed by atoms with E-state index in [2.05, 4.69) is 15.1 Å². The summed E-state index contributed by atoms with van der Waals surface area (Å²) in [6, 6.07) is 11.2. The van der Waals surface area contributed by atoms with Crippen molar-refractivity contribution in [1.82, 2.24) is 15.1 Å². The van der Waals surface area contributed by atoms with Crippen LogP contribution in [0.3, 0.4) is 0 Å². The molecule has 1 fully saturated rings. The highest BCUT2D eigenvalue weighted by Crippen LogP contribution is 2.28. The van der Waals surface area contributed by atoms with Gasteiger partial charge in [-0.15, -0.1) is 10.2 Å². The molecule has 7 heteroatoms. The minimum Gasteiger partial charge on any atom is -0.459 e. The van der Waals surface area contributed by atoms with Crippen LogP contribution in [0.1, 0.15) is 17.9 Å². The topological polar surface area (TPSA) is 75.5 Å². The number of likely N-dealkylation sites (tertiary alicyclic amines) is 1. The van der Waals surface area contributed by atoms with E-state index in [4.69, 9.17) is 20.4 Å². The molecule has 0 amide bonds. The van der Waals surface area contributed by atoms with Gasteiger partial charge in [0, 0.05) is 24.5 Å². The second-order valence-electron chi connectivity index (χ2n) is 6.47. The minimum absolute atomic E-state index is 0.369. The molecular formula is C18H18ClN3O3. The Morgan fingerprint density at radius 1 is 1.24 bits per heavy atom. The van der Waals surface area contributed by atoms with Gasteiger partial charge < -0.3 is 13.9 Å². The van der Waals surface area contributed by atoms with E-state index in [1.807, 2.05) is 24.3 Å². The van der Waals surface area contributed by atoms with Crippen molar-refractivity contribution in [3.8, 4) is 11.7 Å². The van der Waals surface area contributed by atoms with E-state index < -0.39 is 5.60 Å². The summed E-state index contributed by atoms with van der Waals surface area (Å²) in [5, 5.41) is 19.6. The summed E-state index contributed by atoms with van der Waals surface area (Å²) < 4.78 is 10.9. The molecule has 6 nitrogen and oxygen atoms in total. The quantitative estimate of drug-likeness (QED) is 0.754. The molecule has 25 heavy (non-hydrogen) atoms. The molecule has 1 aliphatic rings. The molecule has 130 valence electrons. The zero-order valence-corrected chi connectivity index (χ0v) is 14.3. The molecule has 0 spiro atoms. The SMILES string of the molecule is OC1(Cc2cccc(Cl)c2)CCN(Cc2nnc(-c3ccco3)o2)C1. The lowest BCUT2D eigenvalue weighted by Gasteiger charge is -2.23. The van der Waals surface area contributed by atoms with E-state index in [0.29, 0.717) is 48.5 Å². The summed E-state index contributed by atoms with van der Waals surface area (Å²) in [7, 11) is 0. The Morgan fingerprint density at radius 3 is 2.96 bits per heavy atom. The first-order chi connectivity index (χ1) is 12.1. The van der Waals surface area contributed by atoms with Crippen LogP contribution < -0.4 is 0 Å². The molecule has 4 rings (SSSR count). The molecule has 1 aliphatic heterocycles. The number of hydrogen-bond donors (Lipinski definition) is 1. The van der Waals surface area contributed by atoms with Gasteiger partial charge in [0.15, 0.2) is 5.76 Å². The Hall–Kier alpha value is -2.15. The molecule has 0 aliphatic carbocycles. The van der Waals surface area contributed by atoms with Gasteiger partial charge in [0.2, 0.25) is 5.89 Å². The fourth-order valence-electron chi connectivity index (χ4n) is 3.26. The first-order valence-corrected chi connectivity index (χ1v) is 8.53.